The zero-order chi connectivity index (χ0) is 16.4. The van der Waals surface area contributed by atoms with Gasteiger partial charge in [0.1, 0.15) is 0 Å². The Bertz CT molecular complexity index is 556. The van der Waals surface area contributed by atoms with E-state index in [4.69, 9.17) is 0 Å². The molecule has 3 aliphatic rings. The number of hydrogen-bond donors (Lipinski definition) is 0. The molecule has 0 aromatic heterocycles. The van der Waals surface area contributed by atoms with E-state index in [1.54, 1.807) is 0 Å². The zero-order valence-electron chi connectivity index (χ0n) is 14.7. The molecule has 2 saturated heterocycles. The van der Waals surface area contributed by atoms with E-state index >= 15 is 0 Å². The van der Waals surface area contributed by atoms with Crippen LogP contribution >= 0.6 is 0 Å². The maximum atomic E-state index is 12.9. The first-order valence-electron chi connectivity index (χ1n) is 9.88. The van der Waals surface area contributed by atoms with Crippen LogP contribution in [0.4, 0.5) is 0 Å². The Morgan fingerprint density at radius 2 is 1.75 bits per heavy atom. The van der Waals surface area contributed by atoms with Crippen LogP contribution < -0.4 is 0 Å². The first-order valence-corrected chi connectivity index (χ1v) is 9.88. The zero-order valence-corrected chi connectivity index (χ0v) is 14.7. The number of benzene rings is 1. The fourth-order valence-corrected chi connectivity index (χ4v) is 5.19. The molecular weight excluding hydrogens is 296 g/mol. The van der Waals surface area contributed by atoms with Crippen molar-refractivity contribution in [1.29, 1.82) is 0 Å². The Labute approximate surface area is 146 Å². The summed E-state index contributed by atoms with van der Waals surface area (Å²) in [5.41, 5.74) is 1.43. The molecule has 0 radical (unpaired) electrons. The highest BCUT2D eigenvalue weighted by atomic mass is 16.2. The van der Waals surface area contributed by atoms with E-state index in [2.05, 4.69) is 40.1 Å². The minimum absolute atomic E-state index is 0.389. The van der Waals surface area contributed by atoms with Crippen molar-refractivity contribution in [3.8, 4) is 0 Å². The molecule has 130 valence electrons. The van der Waals surface area contributed by atoms with Gasteiger partial charge in [0.25, 0.3) is 0 Å². The minimum atomic E-state index is 0.389. The molecule has 1 aromatic rings. The maximum Gasteiger partial charge on any atom is 0.237 e. The van der Waals surface area contributed by atoms with Crippen molar-refractivity contribution in [2.24, 2.45) is 5.92 Å². The molecule has 3 atom stereocenters. The third-order valence-electron chi connectivity index (χ3n) is 6.47. The molecule has 24 heavy (non-hydrogen) atoms. The summed E-state index contributed by atoms with van der Waals surface area (Å²) in [7, 11) is 0. The summed E-state index contributed by atoms with van der Waals surface area (Å²) in [5, 5.41) is 0. The van der Waals surface area contributed by atoms with Gasteiger partial charge in [-0.15, -0.1) is 0 Å². The van der Waals surface area contributed by atoms with Gasteiger partial charge in [-0.2, -0.15) is 0 Å². The number of fused-ring (bicyclic) bond motifs is 1. The van der Waals surface area contributed by atoms with Gasteiger partial charge in [-0.05, 0) is 56.0 Å². The van der Waals surface area contributed by atoms with Crippen molar-refractivity contribution in [2.45, 2.75) is 56.9 Å². The number of likely N-dealkylation sites (tertiary alicyclic amines) is 2. The Hall–Kier alpha value is -1.35. The molecule has 0 spiro atoms. The summed E-state index contributed by atoms with van der Waals surface area (Å²) >= 11 is 0. The van der Waals surface area contributed by atoms with Gasteiger partial charge in [0.2, 0.25) is 5.91 Å². The molecule has 3 unspecified atom stereocenters. The molecule has 3 nitrogen and oxygen atoms in total. The van der Waals surface area contributed by atoms with Gasteiger partial charge in [-0.1, -0.05) is 43.2 Å². The molecular formula is C21H30N2O. The van der Waals surface area contributed by atoms with Gasteiger partial charge in [0, 0.05) is 19.1 Å². The van der Waals surface area contributed by atoms with Crippen LogP contribution in [-0.2, 0) is 4.79 Å². The average molecular weight is 326 g/mol. The van der Waals surface area contributed by atoms with Gasteiger partial charge >= 0.3 is 0 Å². The van der Waals surface area contributed by atoms with Gasteiger partial charge in [-0.25, -0.2) is 0 Å². The van der Waals surface area contributed by atoms with Crippen LogP contribution in [0.15, 0.2) is 30.3 Å². The Morgan fingerprint density at radius 1 is 0.958 bits per heavy atom. The second-order valence-electron chi connectivity index (χ2n) is 7.97. The van der Waals surface area contributed by atoms with Gasteiger partial charge in [-0.3, -0.25) is 9.69 Å². The van der Waals surface area contributed by atoms with Crippen molar-refractivity contribution >= 4 is 5.91 Å². The van der Waals surface area contributed by atoms with Crippen molar-refractivity contribution in [3.63, 3.8) is 0 Å². The molecule has 0 N–H and O–H groups in total. The van der Waals surface area contributed by atoms with Crippen molar-refractivity contribution in [1.82, 2.24) is 9.80 Å². The molecule has 1 aromatic carbocycles. The second-order valence-corrected chi connectivity index (χ2v) is 7.97. The molecule has 3 fully saturated rings. The van der Waals surface area contributed by atoms with Crippen LogP contribution in [0.5, 0.6) is 0 Å². The highest BCUT2D eigenvalue weighted by Gasteiger charge is 2.36. The van der Waals surface area contributed by atoms with Gasteiger partial charge < -0.3 is 4.90 Å². The molecule has 3 heteroatoms. The first-order chi connectivity index (χ1) is 11.8. The minimum Gasteiger partial charge on any atom is -0.338 e. The molecule has 2 heterocycles. The van der Waals surface area contributed by atoms with Crippen molar-refractivity contribution in [3.05, 3.63) is 35.9 Å². The lowest BCUT2D eigenvalue weighted by Gasteiger charge is -2.44. The Balaban J connectivity index is 1.34. The summed E-state index contributed by atoms with van der Waals surface area (Å²) in [4.78, 5) is 17.6. The summed E-state index contributed by atoms with van der Waals surface area (Å²) in [5.74, 6) is 1.77. The van der Waals surface area contributed by atoms with E-state index in [1.165, 1.54) is 50.5 Å². The number of rotatable bonds is 3. The number of piperidine rings is 1. The monoisotopic (exact) mass is 326 g/mol. The lowest BCUT2D eigenvalue weighted by atomic mass is 9.78. The van der Waals surface area contributed by atoms with Gasteiger partial charge in [0.15, 0.2) is 0 Å². The van der Waals surface area contributed by atoms with Crippen LogP contribution in [0.3, 0.4) is 0 Å². The molecule has 2 aliphatic heterocycles. The van der Waals surface area contributed by atoms with E-state index in [0.717, 1.165) is 25.6 Å². The predicted molar refractivity (Wildman–Crippen MR) is 96.9 cm³/mol. The lowest BCUT2D eigenvalue weighted by molar-refractivity contribution is -0.138. The summed E-state index contributed by atoms with van der Waals surface area (Å²) in [6, 6.07) is 11.3. The average Bonchev–Trinajstić information content (AvgIpc) is 3.10. The number of amides is 1. The topological polar surface area (TPSA) is 23.6 Å². The fourth-order valence-electron chi connectivity index (χ4n) is 5.19. The molecule has 1 amide bonds. The van der Waals surface area contributed by atoms with E-state index in [1.807, 2.05) is 0 Å². The number of carbonyl (C=O) groups is 1. The van der Waals surface area contributed by atoms with E-state index < -0.39 is 0 Å². The normalized spacial score (nSPS) is 31.0. The third-order valence-corrected chi connectivity index (χ3v) is 6.47. The Morgan fingerprint density at radius 3 is 2.62 bits per heavy atom. The first kappa shape index (κ1) is 16.1. The number of carbonyl (C=O) groups excluding carboxylic acids is 1. The van der Waals surface area contributed by atoms with Gasteiger partial charge in [0.05, 0.1) is 6.54 Å². The standard InChI is InChI=1S/C21H30N2O/c24-21(23-13-6-10-18-9-4-5-11-20(18)23)16-22-14-12-19(15-22)17-7-2-1-3-8-17/h1-3,7-8,18-20H,4-6,9-16H2. The largest absolute Gasteiger partial charge is 0.338 e. The summed E-state index contributed by atoms with van der Waals surface area (Å²) < 4.78 is 0. The predicted octanol–water partition coefficient (Wildman–Crippen LogP) is 3.66. The molecule has 1 aliphatic carbocycles. The van der Waals surface area contributed by atoms with Crippen LogP contribution in [0.25, 0.3) is 0 Å². The lowest BCUT2D eigenvalue weighted by Crippen LogP contribution is -2.52. The maximum absolute atomic E-state index is 12.9. The van der Waals surface area contributed by atoms with E-state index in [-0.39, 0.29) is 0 Å². The molecule has 1 saturated carbocycles. The van der Waals surface area contributed by atoms with Crippen LogP contribution in [0.1, 0.15) is 56.4 Å². The molecule has 4 rings (SSSR count). The Kier molecular flexibility index (Phi) is 4.88. The van der Waals surface area contributed by atoms with Crippen molar-refractivity contribution in [2.75, 3.05) is 26.2 Å². The van der Waals surface area contributed by atoms with E-state index in [0.29, 0.717) is 24.4 Å². The number of hydrogen-bond acceptors (Lipinski definition) is 2. The fraction of sp³-hybridized carbons (Fsp3) is 0.667. The third kappa shape index (κ3) is 3.37. The highest BCUT2D eigenvalue weighted by molar-refractivity contribution is 5.78. The van der Waals surface area contributed by atoms with Crippen LogP contribution in [-0.4, -0.2) is 47.9 Å². The van der Waals surface area contributed by atoms with Crippen LogP contribution in [0, 0.1) is 5.92 Å². The summed E-state index contributed by atoms with van der Waals surface area (Å²) in [6.45, 7) is 3.73. The molecule has 0 bridgehead atoms. The number of nitrogens with zero attached hydrogens (tertiary/aromatic N) is 2. The SMILES string of the molecule is O=C(CN1CCC(c2ccccc2)C1)N1CCCC2CCCCC21. The second kappa shape index (κ2) is 7.26. The summed E-state index contributed by atoms with van der Waals surface area (Å²) in [6.07, 6.45) is 8.99. The highest BCUT2D eigenvalue weighted by Crippen LogP contribution is 2.35. The van der Waals surface area contributed by atoms with E-state index in [9.17, 15) is 4.79 Å². The smallest absolute Gasteiger partial charge is 0.237 e. The van der Waals surface area contributed by atoms with Crippen LogP contribution in [0.2, 0.25) is 0 Å². The quantitative estimate of drug-likeness (QED) is 0.846. The van der Waals surface area contributed by atoms with Crippen molar-refractivity contribution < 1.29 is 4.79 Å².